The van der Waals surface area contributed by atoms with Crippen LogP contribution in [0.3, 0.4) is 0 Å². The summed E-state index contributed by atoms with van der Waals surface area (Å²) in [7, 11) is -3.97. The average Bonchev–Trinajstić information content (AvgIpc) is 2.89. The third-order valence-corrected chi connectivity index (χ3v) is 7.53. The molecule has 1 aromatic rings. The summed E-state index contributed by atoms with van der Waals surface area (Å²) in [5.41, 5.74) is 5.55. The van der Waals surface area contributed by atoms with Gasteiger partial charge >= 0.3 is 7.60 Å². The topological polar surface area (TPSA) is 133 Å². The zero-order chi connectivity index (χ0) is 27.9. The molecule has 222 valence electrons. The number of ether oxygens (including phenoxy) is 2. The van der Waals surface area contributed by atoms with Crippen LogP contribution < -0.4 is 11.3 Å². The van der Waals surface area contributed by atoms with Crippen LogP contribution in [-0.2, 0) is 25.1 Å². The fraction of sp³-hybridized carbons (Fsp3) is 0.821. The van der Waals surface area contributed by atoms with Crippen molar-refractivity contribution in [1.82, 2.24) is 4.57 Å². The van der Waals surface area contributed by atoms with E-state index in [1.807, 2.05) is 0 Å². The van der Waals surface area contributed by atoms with Crippen molar-refractivity contribution in [3.05, 3.63) is 28.7 Å². The first-order valence-corrected chi connectivity index (χ1v) is 16.4. The molecule has 0 aromatic carbocycles. The van der Waals surface area contributed by atoms with Gasteiger partial charge in [-0.15, -0.1) is 0 Å². The second kappa shape index (κ2) is 22.6. The molecule has 1 aromatic heterocycles. The van der Waals surface area contributed by atoms with E-state index in [0.717, 1.165) is 6.42 Å². The first-order chi connectivity index (χ1) is 18.4. The van der Waals surface area contributed by atoms with E-state index < -0.39 is 26.7 Å². The Hall–Kier alpha value is -1.22. The summed E-state index contributed by atoms with van der Waals surface area (Å²) < 4.78 is 29.5. The number of hydrogen-bond acceptors (Lipinski definition) is 7. The highest BCUT2D eigenvalue weighted by molar-refractivity contribution is 7.52. The maximum atomic E-state index is 12.2. The molecule has 0 aliphatic carbocycles. The van der Waals surface area contributed by atoms with Gasteiger partial charge in [-0.05, 0) is 18.9 Å². The number of rotatable bonds is 26. The van der Waals surface area contributed by atoms with Gasteiger partial charge in [0.15, 0.2) is 0 Å². The molecule has 1 heterocycles. The molecule has 0 fully saturated rings. The Bertz CT molecular complexity index is 806. The summed E-state index contributed by atoms with van der Waals surface area (Å²) in [5.74, 6) is 0. The fourth-order valence-electron chi connectivity index (χ4n) is 4.16. The molecule has 0 spiro atoms. The third-order valence-electron chi connectivity index (χ3n) is 6.47. The van der Waals surface area contributed by atoms with Gasteiger partial charge in [0.1, 0.15) is 6.35 Å². The van der Waals surface area contributed by atoms with Crippen LogP contribution in [0.4, 0.5) is 5.69 Å². The van der Waals surface area contributed by atoms with Crippen LogP contribution in [0.1, 0.15) is 103 Å². The smallest absolute Gasteiger partial charge is 0.353 e. The third kappa shape index (κ3) is 18.9. The van der Waals surface area contributed by atoms with Crippen molar-refractivity contribution in [2.24, 2.45) is 0 Å². The molecule has 9 nitrogen and oxygen atoms in total. The predicted octanol–water partition coefficient (Wildman–Crippen LogP) is 5.86. The first-order valence-electron chi connectivity index (χ1n) is 14.6. The molecule has 4 N–H and O–H groups in total. The minimum Gasteiger partial charge on any atom is -0.399 e. The normalized spacial score (nSPS) is 14.0. The van der Waals surface area contributed by atoms with Gasteiger partial charge in [-0.25, -0.2) is 0 Å². The highest BCUT2D eigenvalue weighted by Crippen LogP contribution is 2.42. The number of aliphatic hydroxyl groups excluding tert-OH is 1. The number of anilines is 1. The number of nitrogens with zero attached hydrogens (tertiary/aromatic N) is 1. The number of aromatic nitrogens is 1. The van der Waals surface area contributed by atoms with Gasteiger partial charge in [-0.1, -0.05) is 90.4 Å². The average molecular weight is 561 g/mol. The van der Waals surface area contributed by atoms with E-state index in [-0.39, 0.29) is 18.7 Å². The number of pyridine rings is 1. The lowest BCUT2D eigenvalue weighted by Gasteiger charge is -2.19. The van der Waals surface area contributed by atoms with Gasteiger partial charge in [-0.2, -0.15) is 0 Å². The summed E-state index contributed by atoms with van der Waals surface area (Å²) in [5, 5.41) is 9.48. The molecule has 0 radical (unpaired) electrons. The fourth-order valence-corrected chi connectivity index (χ4v) is 5.05. The van der Waals surface area contributed by atoms with E-state index in [1.54, 1.807) is 6.07 Å². The summed E-state index contributed by atoms with van der Waals surface area (Å²) in [6.45, 7) is 3.13. The Morgan fingerprint density at radius 3 is 2.00 bits per heavy atom. The Labute approximate surface area is 229 Å². The van der Waals surface area contributed by atoms with Gasteiger partial charge in [-0.3, -0.25) is 9.36 Å². The number of nitrogen functional groups attached to an aromatic ring is 1. The summed E-state index contributed by atoms with van der Waals surface area (Å²) in [4.78, 5) is 21.9. The van der Waals surface area contributed by atoms with Crippen molar-refractivity contribution in [2.45, 2.75) is 116 Å². The van der Waals surface area contributed by atoms with Crippen LogP contribution >= 0.6 is 7.60 Å². The van der Waals surface area contributed by atoms with Crippen molar-refractivity contribution in [1.29, 1.82) is 0 Å². The van der Waals surface area contributed by atoms with Gasteiger partial charge in [0.05, 0.1) is 25.9 Å². The second-order valence-corrected chi connectivity index (χ2v) is 11.9. The number of hydrogen-bond donors (Lipinski definition) is 3. The van der Waals surface area contributed by atoms with E-state index in [1.165, 1.54) is 100 Å². The Morgan fingerprint density at radius 1 is 0.895 bits per heavy atom. The van der Waals surface area contributed by atoms with Crippen LogP contribution in [0, 0.1) is 0 Å². The lowest BCUT2D eigenvalue weighted by atomic mass is 10.0. The maximum Gasteiger partial charge on any atom is 0.353 e. The molecule has 1 rings (SSSR count). The minimum absolute atomic E-state index is 0.0305. The molecule has 0 bridgehead atoms. The zero-order valence-electron chi connectivity index (χ0n) is 23.6. The van der Waals surface area contributed by atoms with Crippen LogP contribution in [0.5, 0.6) is 0 Å². The zero-order valence-corrected chi connectivity index (χ0v) is 24.5. The Morgan fingerprint density at radius 2 is 1.45 bits per heavy atom. The predicted molar refractivity (Wildman–Crippen MR) is 153 cm³/mol. The van der Waals surface area contributed by atoms with E-state index in [4.69, 9.17) is 19.7 Å². The van der Waals surface area contributed by atoms with Gasteiger partial charge in [0.2, 0.25) is 0 Å². The minimum atomic E-state index is -3.97. The maximum absolute atomic E-state index is 12.2. The van der Waals surface area contributed by atoms with E-state index in [2.05, 4.69) is 6.92 Å². The lowest BCUT2D eigenvalue weighted by molar-refractivity contribution is 0.0164. The molecule has 0 aliphatic rings. The summed E-state index contributed by atoms with van der Waals surface area (Å²) >= 11 is 0. The largest absolute Gasteiger partial charge is 0.399 e. The van der Waals surface area contributed by atoms with E-state index >= 15 is 0 Å². The molecule has 0 saturated heterocycles. The van der Waals surface area contributed by atoms with Crippen molar-refractivity contribution < 1.29 is 28.6 Å². The highest BCUT2D eigenvalue weighted by Gasteiger charge is 2.22. The van der Waals surface area contributed by atoms with Gasteiger partial charge in [0.25, 0.3) is 5.56 Å². The van der Waals surface area contributed by atoms with Gasteiger partial charge in [0, 0.05) is 31.2 Å². The monoisotopic (exact) mass is 560 g/mol. The van der Waals surface area contributed by atoms with Crippen LogP contribution in [-0.4, -0.2) is 53.4 Å². The van der Waals surface area contributed by atoms with Crippen LogP contribution in [0.2, 0.25) is 0 Å². The molecule has 0 saturated carbocycles. The van der Waals surface area contributed by atoms with Gasteiger partial charge < -0.3 is 34.3 Å². The quantitative estimate of drug-likeness (QED) is 0.0948. The van der Waals surface area contributed by atoms with E-state index in [0.29, 0.717) is 25.3 Å². The lowest BCUT2D eigenvalue weighted by Crippen LogP contribution is -2.30. The number of aliphatic hydroxyl groups is 1. The highest BCUT2D eigenvalue weighted by atomic mass is 31.2. The van der Waals surface area contributed by atoms with Crippen molar-refractivity contribution in [3.63, 3.8) is 0 Å². The van der Waals surface area contributed by atoms with E-state index in [9.17, 15) is 19.4 Å². The molecule has 10 heteroatoms. The Kier molecular flexibility index (Phi) is 20.7. The number of unbranched alkanes of at least 4 members (excludes halogenated alkanes) is 13. The molecule has 2 unspecified atom stereocenters. The Balaban J connectivity index is 1.94. The second-order valence-electron chi connectivity index (χ2n) is 10.1. The molecule has 0 amide bonds. The van der Waals surface area contributed by atoms with Crippen molar-refractivity contribution in [2.75, 3.05) is 38.5 Å². The summed E-state index contributed by atoms with van der Waals surface area (Å²) in [6.07, 6.45) is 19.1. The molecule has 2 atom stereocenters. The molecular formula is C28H53N2O7P. The van der Waals surface area contributed by atoms with Crippen LogP contribution in [0.15, 0.2) is 23.1 Å². The SMILES string of the molecule is CCCCCCCCCCCCCCCCOCCCOP(=O)(O)COC(CO)Cn1ccc(N)cc1=O. The summed E-state index contributed by atoms with van der Waals surface area (Å²) in [6, 6.07) is 2.81. The first kappa shape index (κ1) is 34.8. The van der Waals surface area contributed by atoms with Crippen LogP contribution in [0.25, 0.3) is 0 Å². The molecule has 0 aliphatic heterocycles. The van der Waals surface area contributed by atoms with Crippen molar-refractivity contribution >= 4 is 13.3 Å². The molecular weight excluding hydrogens is 507 g/mol. The molecule has 38 heavy (non-hydrogen) atoms. The standard InChI is InChI=1S/C28H53N2O7P/c1-2-3-4-5-6-7-8-9-10-11-12-13-14-15-19-35-20-16-21-37-38(33,34)25-36-27(24-31)23-30-18-17-26(29)22-28(30)32/h17-18,22,27,31H,2-16,19-21,23-25,29H2,1H3,(H,33,34). The van der Waals surface area contributed by atoms with Crippen molar-refractivity contribution in [3.8, 4) is 0 Å². The number of nitrogens with two attached hydrogens (primary N) is 1.